The molecule has 0 aromatic heterocycles. The molecule has 4 nitrogen and oxygen atoms in total. The summed E-state index contributed by atoms with van der Waals surface area (Å²) in [5.74, 6) is 0. The summed E-state index contributed by atoms with van der Waals surface area (Å²) in [5.41, 5.74) is -1.11. The van der Waals surface area contributed by atoms with E-state index in [0.29, 0.717) is 19.1 Å². The zero-order chi connectivity index (χ0) is 7.61. The van der Waals surface area contributed by atoms with Gasteiger partial charge in [-0.25, -0.2) is 0 Å². The molecule has 0 spiro atoms. The predicted octanol–water partition coefficient (Wildman–Crippen LogP) is -1.52. The summed E-state index contributed by atoms with van der Waals surface area (Å²) in [6, 6.07) is 0. The zero-order valence-electron chi connectivity index (χ0n) is 5.41. The van der Waals surface area contributed by atoms with Crippen molar-refractivity contribution in [2.75, 3.05) is 6.54 Å². The molecule has 0 aromatic rings. The zero-order valence-corrected chi connectivity index (χ0v) is 5.41. The van der Waals surface area contributed by atoms with E-state index in [1.807, 2.05) is 0 Å². The quantitative estimate of drug-likeness (QED) is 0.364. The van der Waals surface area contributed by atoms with Gasteiger partial charge in [-0.2, -0.15) is 0 Å². The lowest BCUT2D eigenvalue weighted by molar-refractivity contribution is -0.122. The number of rotatable bonds is 2. The Kier molecular flexibility index (Phi) is 1.82. The minimum absolute atomic E-state index is 0.194. The first kappa shape index (κ1) is 7.37. The molecule has 0 amide bonds. The van der Waals surface area contributed by atoms with Gasteiger partial charge in [-0.05, 0) is 0 Å². The number of aliphatic hydroxyl groups is 1. The van der Waals surface area contributed by atoms with Gasteiger partial charge in [0.15, 0.2) is 0 Å². The fraction of sp³-hybridized carbons (Fsp3) is 0.667. The molecule has 1 fully saturated rings. The summed E-state index contributed by atoms with van der Waals surface area (Å²) < 4.78 is 0. The number of nitrogens with one attached hydrogen (secondary N) is 1. The van der Waals surface area contributed by atoms with Crippen molar-refractivity contribution < 1.29 is 14.7 Å². The highest BCUT2D eigenvalue weighted by Crippen LogP contribution is 2.14. The Morgan fingerprint density at radius 3 is 2.30 bits per heavy atom. The van der Waals surface area contributed by atoms with Gasteiger partial charge in [0.2, 0.25) is 0 Å². The van der Waals surface area contributed by atoms with Gasteiger partial charge in [0.1, 0.15) is 18.1 Å². The van der Waals surface area contributed by atoms with Crippen molar-refractivity contribution in [3.8, 4) is 0 Å². The molecule has 1 heterocycles. The van der Waals surface area contributed by atoms with Gasteiger partial charge in [-0.1, -0.05) is 0 Å². The molecule has 1 aliphatic heterocycles. The molecular weight excluding hydrogens is 134 g/mol. The SMILES string of the molecule is O=CC1(C=O)CC(O)CN1. The second-order valence-corrected chi connectivity index (χ2v) is 2.51. The van der Waals surface area contributed by atoms with Crippen LogP contribution >= 0.6 is 0 Å². The molecule has 0 aliphatic carbocycles. The number of carbonyl (C=O) groups excluding carboxylic acids is 2. The van der Waals surface area contributed by atoms with E-state index in [0.717, 1.165) is 0 Å². The number of aliphatic hydroxyl groups excluding tert-OH is 1. The minimum atomic E-state index is -1.11. The third kappa shape index (κ3) is 1.08. The Morgan fingerprint density at radius 2 is 2.10 bits per heavy atom. The Bertz CT molecular complexity index is 149. The summed E-state index contributed by atoms with van der Waals surface area (Å²) in [6.07, 6.45) is 0.697. The van der Waals surface area contributed by atoms with Crippen LogP contribution in [0.25, 0.3) is 0 Å². The molecular formula is C6H9NO3. The average Bonchev–Trinajstić information content (AvgIpc) is 2.33. The molecule has 10 heavy (non-hydrogen) atoms. The summed E-state index contributed by atoms with van der Waals surface area (Å²) in [6.45, 7) is 0.317. The molecule has 1 aliphatic rings. The molecule has 2 N–H and O–H groups in total. The molecule has 0 radical (unpaired) electrons. The highest BCUT2D eigenvalue weighted by atomic mass is 16.3. The second-order valence-electron chi connectivity index (χ2n) is 2.51. The molecule has 1 unspecified atom stereocenters. The second kappa shape index (κ2) is 2.48. The number of hydrogen-bond acceptors (Lipinski definition) is 4. The fourth-order valence-corrected chi connectivity index (χ4v) is 1.05. The molecule has 0 saturated carbocycles. The topological polar surface area (TPSA) is 66.4 Å². The van der Waals surface area contributed by atoms with Crippen LogP contribution < -0.4 is 5.32 Å². The van der Waals surface area contributed by atoms with Gasteiger partial charge in [0.25, 0.3) is 0 Å². The van der Waals surface area contributed by atoms with E-state index < -0.39 is 11.6 Å². The van der Waals surface area contributed by atoms with Gasteiger partial charge < -0.3 is 14.7 Å². The molecule has 56 valence electrons. The van der Waals surface area contributed by atoms with Crippen LogP contribution in [0.4, 0.5) is 0 Å². The largest absolute Gasteiger partial charge is 0.392 e. The monoisotopic (exact) mass is 143 g/mol. The van der Waals surface area contributed by atoms with Crippen LogP contribution in [0.5, 0.6) is 0 Å². The van der Waals surface area contributed by atoms with Gasteiger partial charge in [0.05, 0.1) is 6.10 Å². The summed E-state index contributed by atoms with van der Waals surface area (Å²) in [7, 11) is 0. The maximum absolute atomic E-state index is 10.3. The van der Waals surface area contributed by atoms with Crippen LogP contribution in [0.15, 0.2) is 0 Å². The van der Waals surface area contributed by atoms with Crippen molar-refractivity contribution in [3.63, 3.8) is 0 Å². The lowest BCUT2D eigenvalue weighted by atomic mass is 10.0. The molecule has 0 bridgehead atoms. The van der Waals surface area contributed by atoms with E-state index in [-0.39, 0.29) is 6.42 Å². The highest BCUT2D eigenvalue weighted by Gasteiger charge is 2.37. The molecule has 1 saturated heterocycles. The molecule has 0 aromatic carbocycles. The average molecular weight is 143 g/mol. The lowest BCUT2D eigenvalue weighted by Crippen LogP contribution is -2.42. The standard InChI is InChI=1S/C6H9NO3/c8-3-6(4-9)1-5(10)2-7-6/h3-5,7,10H,1-2H2. The van der Waals surface area contributed by atoms with Gasteiger partial charge >= 0.3 is 0 Å². The molecule has 1 rings (SSSR count). The van der Waals surface area contributed by atoms with Crippen molar-refractivity contribution in [2.45, 2.75) is 18.1 Å². The minimum Gasteiger partial charge on any atom is -0.392 e. The smallest absolute Gasteiger partial charge is 0.147 e. The Morgan fingerprint density at radius 1 is 1.50 bits per heavy atom. The normalized spacial score (nSPS) is 29.9. The van der Waals surface area contributed by atoms with E-state index in [2.05, 4.69) is 5.32 Å². The van der Waals surface area contributed by atoms with E-state index >= 15 is 0 Å². The van der Waals surface area contributed by atoms with E-state index in [1.165, 1.54) is 0 Å². The van der Waals surface area contributed by atoms with Crippen LogP contribution in [-0.4, -0.2) is 35.9 Å². The summed E-state index contributed by atoms with van der Waals surface area (Å²) in [5, 5.41) is 11.6. The molecule has 4 heteroatoms. The van der Waals surface area contributed by atoms with Gasteiger partial charge in [-0.15, -0.1) is 0 Å². The number of hydrogen-bond donors (Lipinski definition) is 2. The van der Waals surface area contributed by atoms with Crippen LogP contribution in [0.2, 0.25) is 0 Å². The van der Waals surface area contributed by atoms with Gasteiger partial charge in [0, 0.05) is 13.0 Å². The van der Waals surface area contributed by atoms with Crippen LogP contribution in [0.3, 0.4) is 0 Å². The summed E-state index contributed by atoms with van der Waals surface area (Å²) in [4.78, 5) is 20.6. The Balaban J connectivity index is 2.68. The third-order valence-corrected chi connectivity index (χ3v) is 1.66. The predicted molar refractivity (Wildman–Crippen MR) is 33.5 cm³/mol. The van der Waals surface area contributed by atoms with Crippen molar-refractivity contribution >= 4 is 12.6 Å². The first-order valence-electron chi connectivity index (χ1n) is 3.08. The van der Waals surface area contributed by atoms with E-state index in [9.17, 15) is 9.59 Å². The molecule has 1 atom stereocenters. The lowest BCUT2D eigenvalue weighted by Gasteiger charge is -2.11. The van der Waals surface area contributed by atoms with E-state index in [4.69, 9.17) is 5.11 Å². The number of β-amino-alcohol motifs (C(OH)–C–C–N with tert-alkyl or cyclic N) is 1. The van der Waals surface area contributed by atoms with Crippen LogP contribution in [-0.2, 0) is 9.59 Å². The number of carbonyl (C=O) groups is 2. The highest BCUT2D eigenvalue weighted by molar-refractivity contribution is 5.89. The Labute approximate surface area is 58.2 Å². The maximum Gasteiger partial charge on any atom is 0.147 e. The number of aldehydes is 2. The van der Waals surface area contributed by atoms with Crippen LogP contribution in [0, 0.1) is 0 Å². The van der Waals surface area contributed by atoms with Crippen LogP contribution in [0.1, 0.15) is 6.42 Å². The van der Waals surface area contributed by atoms with Crippen molar-refractivity contribution in [1.82, 2.24) is 5.32 Å². The first-order valence-corrected chi connectivity index (χ1v) is 3.08. The van der Waals surface area contributed by atoms with E-state index in [1.54, 1.807) is 0 Å². The van der Waals surface area contributed by atoms with Crippen molar-refractivity contribution in [3.05, 3.63) is 0 Å². The fourth-order valence-electron chi connectivity index (χ4n) is 1.05. The Hall–Kier alpha value is -0.740. The summed E-state index contributed by atoms with van der Waals surface area (Å²) >= 11 is 0. The van der Waals surface area contributed by atoms with Gasteiger partial charge in [-0.3, -0.25) is 5.32 Å². The van der Waals surface area contributed by atoms with Crippen molar-refractivity contribution in [2.24, 2.45) is 0 Å². The first-order chi connectivity index (χ1) is 4.72. The van der Waals surface area contributed by atoms with Crippen molar-refractivity contribution in [1.29, 1.82) is 0 Å². The third-order valence-electron chi connectivity index (χ3n) is 1.66. The maximum atomic E-state index is 10.3.